The highest BCUT2D eigenvalue weighted by atomic mass is 19.1. The minimum absolute atomic E-state index is 0.165. The highest BCUT2D eigenvalue weighted by molar-refractivity contribution is 5.85. The molecule has 2 fully saturated rings. The number of nitrogens with zero attached hydrogens (tertiary/aromatic N) is 2. The molecule has 2 aliphatic heterocycles. The Balaban J connectivity index is 1.61. The van der Waals surface area contributed by atoms with Gasteiger partial charge in [0, 0.05) is 23.0 Å². The Morgan fingerprint density at radius 3 is 2.56 bits per heavy atom. The maximum absolute atomic E-state index is 14.1. The number of halogens is 1. The quantitative estimate of drug-likeness (QED) is 0.688. The fraction of sp³-hybridized carbons (Fsp3) is 0.333. The van der Waals surface area contributed by atoms with Gasteiger partial charge < -0.3 is 14.2 Å². The van der Waals surface area contributed by atoms with Crippen LogP contribution in [0.2, 0.25) is 0 Å². The van der Waals surface area contributed by atoms with Crippen LogP contribution in [0.15, 0.2) is 48.7 Å². The summed E-state index contributed by atoms with van der Waals surface area (Å²) < 4.78 is 21.9. The summed E-state index contributed by atoms with van der Waals surface area (Å²) in [6, 6.07) is 14.8. The van der Waals surface area contributed by atoms with E-state index in [0.29, 0.717) is 17.5 Å². The van der Waals surface area contributed by atoms with E-state index in [4.69, 9.17) is 4.74 Å². The summed E-state index contributed by atoms with van der Waals surface area (Å²) >= 11 is 0. The molecule has 1 aromatic heterocycles. The van der Waals surface area contributed by atoms with Gasteiger partial charge in [0.15, 0.2) is 0 Å². The van der Waals surface area contributed by atoms with Crippen LogP contribution < -0.4 is 4.90 Å². The zero-order chi connectivity index (χ0) is 17.0. The molecular formula is C21H21FN2O. The highest BCUT2D eigenvalue weighted by Crippen LogP contribution is 2.35. The van der Waals surface area contributed by atoms with Gasteiger partial charge in [-0.25, -0.2) is 4.39 Å². The van der Waals surface area contributed by atoms with Gasteiger partial charge >= 0.3 is 0 Å². The van der Waals surface area contributed by atoms with Gasteiger partial charge in [-0.05, 0) is 55.7 Å². The number of ether oxygens (including phenoxy) is 1. The molecule has 0 N–H and O–H groups in total. The molecule has 2 bridgehead atoms. The van der Waals surface area contributed by atoms with E-state index in [9.17, 15) is 4.39 Å². The fourth-order valence-electron chi connectivity index (χ4n) is 4.46. The number of morpholine rings is 1. The standard InChI is InChI=1S/C21H21FN2O/c1-14-5-8-20(22)19-9-10-23(21(14)19)15-3-2-4-16(11-15)24-17-6-7-18(24)13-25-12-17/h2-5,8-11,17-18H,6-7,12-13H2,1H3. The Bertz CT molecular complexity index is 932. The minimum Gasteiger partial charge on any atom is -0.377 e. The highest BCUT2D eigenvalue weighted by Gasteiger charge is 2.37. The number of hydrogen-bond donors (Lipinski definition) is 0. The molecule has 0 amide bonds. The van der Waals surface area contributed by atoms with E-state index < -0.39 is 0 Å². The van der Waals surface area contributed by atoms with Crippen LogP contribution in [0, 0.1) is 12.7 Å². The lowest BCUT2D eigenvalue weighted by Crippen LogP contribution is -2.45. The fourth-order valence-corrected chi connectivity index (χ4v) is 4.46. The van der Waals surface area contributed by atoms with Gasteiger partial charge in [0.2, 0.25) is 0 Å². The average molecular weight is 336 g/mol. The van der Waals surface area contributed by atoms with Gasteiger partial charge in [-0.2, -0.15) is 0 Å². The predicted octanol–water partition coefficient (Wildman–Crippen LogP) is 4.45. The van der Waals surface area contributed by atoms with E-state index in [1.807, 2.05) is 25.3 Å². The molecule has 0 spiro atoms. The lowest BCUT2D eigenvalue weighted by atomic mass is 10.1. The van der Waals surface area contributed by atoms with Crippen molar-refractivity contribution in [1.29, 1.82) is 0 Å². The molecule has 2 aromatic carbocycles. The average Bonchev–Trinajstić information content (AvgIpc) is 3.19. The van der Waals surface area contributed by atoms with Gasteiger partial charge in [0.25, 0.3) is 0 Å². The largest absolute Gasteiger partial charge is 0.377 e. The van der Waals surface area contributed by atoms with Crippen molar-refractivity contribution in [2.24, 2.45) is 0 Å². The summed E-state index contributed by atoms with van der Waals surface area (Å²) in [6.45, 7) is 3.67. The summed E-state index contributed by atoms with van der Waals surface area (Å²) in [6.07, 6.45) is 4.37. The van der Waals surface area contributed by atoms with E-state index in [-0.39, 0.29) is 5.82 Å². The molecule has 0 radical (unpaired) electrons. The predicted molar refractivity (Wildman–Crippen MR) is 98.1 cm³/mol. The molecule has 2 unspecified atom stereocenters. The second-order valence-electron chi connectivity index (χ2n) is 7.16. The zero-order valence-electron chi connectivity index (χ0n) is 14.3. The Kier molecular flexibility index (Phi) is 3.35. The van der Waals surface area contributed by atoms with E-state index in [2.05, 4.69) is 33.7 Å². The van der Waals surface area contributed by atoms with Crippen LogP contribution in [0.3, 0.4) is 0 Å². The molecule has 0 saturated carbocycles. The van der Waals surface area contributed by atoms with Gasteiger partial charge in [0.1, 0.15) is 5.82 Å². The minimum atomic E-state index is -0.165. The van der Waals surface area contributed by atoms with Crippen LogP contribution in [0.4, 0.5) is 10.1 Å². The van der Waals surface area contributed by atoms with Crippen molar-refractivity contribution in [1.82, 2.24) is 4.57 Å². The molecule has 128 valence electrons. The first-order chi connectivity index (χ1) is 12.2. The summed E-state index contributed by atoms with van der Waals surface area (Å²) in [5.74, 6) is -0.165. The van der Waals surface area contributed by atoms with Gasteiger partial charge in [-0.3, -0.25) is 0 Å². The Morgan fingerprint density at radius 2 is 1.76 bits per heavy atom. The van der Waals surface area contributed by atoms with E-state index >= 15 is 0 Å². The number of fused-ring (bicyclic) bond motifs is 3. The summed E-state index contributed by atoms with van der Waals surface area (Å²) in [5.41, 5.74) is 4.34. The van der Waals surface area contributed by atoms with Crippen LogP contribution in [-0.4, -0.2) is 29.9 Å². The Labute approximate surface area is 146 Å². The molecule has 2 aliphatic rings. The second kappa shape index (κ2) is 5.60. The second-order valence-corrected chi connectivity index (χ2v) is 7.16. The number of anilines is 1. The van der Waals surface area contributed by atoms with Crippen molar-refractivity contribution in [2.75, 3.05) is 18.1 Å². The first kappa shape index (κ1) is 15.0. The SMILES string of the molecule is Cc1ccc(F)c2ccn(-c3cccc(N4C5CCC4COC5)c3)c12. The molecule has 3 heterocycles. The molecule has 3 nitrogen and oxygen atoms in total. The maximum Gasteiger partial charge on any atom is 0.132 e. The van der Waals surface area contributed by atoms with Gasteiger partial charge in [0.05, 0.1) is 30.8 Å². The number of hydrogen-bond acceptors (Lipinski definition) is 2. The van der Waals surface area contributed by atoms with E-state index in [1.54, 1.807) is 6.07 Å². The first-order valence-electron chi connectivity index (χ1n) is 8.95. The van der Waals surface area contributed by atoms with Crippen LogP contribution in [-0.2, 0) is 4.74 Å². The maximum atomic E-state index is 14.1. The van der Waals surface area contributed by atoms with Crippen LogP contribution in [0.1, 0.15) is 18.4 Å². The molecule has 0 aliphatic carbocycles. The normalized spacial score (nSPS) is 22.7. The summed E-state index contributed by atoms with van der Waals surface area (Å²) in [5, 5.41) is 0.678. The van der Waals surface area contributed by atoms with Crippen LogP contribution >= 0.6 is 0 Å². The third kappa shape index (κ3) is 2.28. The Morgan fingerprint density at radius 1 is 1.00 bits per heavy atom. The van der Waals surface area contributed by atoms with Crippen molar-refractivity contribution in [3.05, 3.63) is 60.0 Å². The molecular weight excluding hydrogens is 315 g/mol. The number of benzene rings is 2. The topological polar surface area (TPSA) is 17.4 Å². The van der Waals surface area contributed by atoms with Gasteiger partial charge in [-0.15, -0.1) is 0 Å². The van der Waals surface area contributed by atoms with E-state index in [0.717, 1.165) is 30.0 Å². The van der Waals surface area contributed by atoms with Crippen LogP contribution in [0.25, 0.3) is 16.6 Å². The molecule has 25 heavy (non-hydrogen) atoms. The first-order valence-corrected chi connectivity index (χ1v) is 8.95. The smallest absolute Gasteiger partial charge is 0.132 e. The third-order valence-corrected chi connectivity index (χ3v) is 5.64. The van der Waals surface area contributed by atoms with Crippen molar-refractivity contribution in [3.8, 4) is 5.69 Å². The van der Waals surface area contributed by atoms with Crippen molar-refractivity contribution in [2.45, 2.75) is 31.8 Å². The number of aromatic nitrogens is 1. The molecule has 3 aromatic rings. The molecule has 4 heteroatoms. The summed E-state index contributed by atoms with van der Waals surface area (Å²) in [4.78, 5) is 2.52. The monoisotopic (exact) mass is 336 g/mol. The van der Waals surface area contributed by atoms with Crippen molar-refractivity contribution >= 4 is 16.6 Å². The van der Waals surface area contributed by atoms with E-state index in [1.165, 1.54) is 18.5 Å². The number of rotatable bonds is 2. The number of aryl methyl sites for hydroxylation is 1. The van der Waals surface area contributed by atoms with Crippen molar-refractivity contribution in [3.63, 3.8) is 0 Å². The molecule has 2 atom stereocenters. The molecule has 2 saturated heterocycles. The summed E-state index contributed by atoms with van der Waals surface area (Å²) in [7, 11) is 0. The lowest BCUT2D eigenvalue weighted by Gasteiger charge is -2.36. The van der Waals surface area contributed by atoms with Crippen LogP contribution in [0.5, 0.6) is 0 Å². The molecule has 5 rings (SSSR count). The zero-order valence-corrected chi connectivity index (χ0v) is 14.3. The third-order valence-electron chi connectivity index (χ3n) is 5.64. The lowest BCUT2D eigenvalue weighted by molar-refractivity contribution is 0.0906. The van der Waals surface area contributed by atoms with Crippen molar-refractivity contribution < 1.29 is 9.13 Å². The van der Waals surface area contributed by atoms with Gasteiger partial charge in [-0.1, -0.05) is 12.1 Å². The Hall–Kier alpha value is -2.33.